The number of benzene rings is 2. The maximum atomic E-state index is 14.2. The average Bonchev–Trinajstić information content (AvgIpc) is 3.11. The van der Waals surface area contributed by atoms with Crippen molar-refractivity contribution in [2.24, 2.45) is 0 Å². The van der Waals surface area contributed by atoms with Crippen LogP contribution in [-0.2, 0) is 11.3 Å². The van der Waals surface area contributed by atoms with E-state index in [-0.39, 0.29) is 41.2 Å². The molecule has 4 aromatic rings. The number of carbonyl (C=O) groups is 1. The van der Waals surface area contributed by atoms with Gasteiger partial charge in [0, 0.05) is 18.0 Å². The van der Waals surface area contributed by atoms with E-state index in [2.05, 4.69) is 19.8 Å². The highest BCUT2D eigenvalue weighted by molar-refractivity contribution is 5.96. The Morgan fingerprint density at radius 3 is 2.47 bits per heavy atom. The molecule has 0 aliphatic heterocycles. The summed E-state index contributed by atoms with van der Waals surface area (Å²) in [7, 11) is 2.62. The lowest BCUT2D eigenvalue weighted by molar-refractivity contribution is 0.180. The number of nitrogen functional groups attached to an aromatic ring is 2. The summed E-state index contributed by atoms with van der Waals surface area (Å²) in [6.07, 6.45) is -0.707. The van der Waals surface area contributed by atoms with E-state index in [1.165, 1.54) is 43.1 Å². The number of aromatic nitrogens is 4. The number of carbonyl (C=O) groups excluding carboxylic acids is 1. The molecule has 4 rings (SSSR count). The highest BCUT2D eigenvalue weighted by atomic mass is 19.1. The Labute approximate surface area is 181 Å². The number of nitrogens with zero attached hydrogens (tertiary/aromatic N) is 5. The number of methoxy groups -OCH3 is 1. The molecule has 2 aromatic heterocycles. The quantitative estimate of drug-likeness (QED) is 0.500. The number of ether oxygens (including phenoxy) is 1. The summed E-state index contributed by atoms with van der Waals surface area (Å²) < 4.78 is 34.4. The summed E-state index contributed by atoms with van der Waals surface area (Å²) >= 11 is 0. The molecule has 0 atom stereocenters. The first-order chi connectivity index (χ1) is 15.3. The maximum Gasteiger partial charge on any atom is 0.413 e. The molecule has 0 saturated heterocycles. The van der Waals surface area contributed by atoms with Crippen molar-refractivity contribution in [2.45, 2.75) is 6.54 Å². The van der Waals surface area contributed by atoms with Crippen LogP contribution in [-0.4, -0.2) is 40.0 Å². The van der Waals surface area contributed by atoms with Gasteiger partial charge in [0.05, 0.1) is 19.2 Å². The van der Waals surface area contributed by atoms with E-state index in [0.29, 0.717) is 16.5 Å². The Kier molecular flexibility index (Phi) is 5.31. The van der Waals surface area contributed by atoms with Gasteiger partial charge in [0.1, 0.15) is 23.0 Å². The highest BCUT2D eigenvalue weighted by Crippen LogP contribution is 2.33. The second-order valence-corrected chi connectivity index (χ2v) is 6.95. The number of rotatable bonds is 4. The predicted molar refractivity (Wildman–Crippen MR) is 116 cm³/mol. The van der Waals surface area contributed by atoms with Gasteiger partial charge in [0.2, 0.25) is 0 Å². The normalized spacial score (nSPS) is 11.0. The Bertz CT molecular complexity index is 1320. The van der Waals surface area contributed by atoms with E-state index in [4.69, 9.17) is 11.5 Å². The van der Waals surface area contributed by atoms with Crippen LogP contribution in [0.5, 0.6) is 0 Å². The molecule has 0 unspecified atom stereocenters. The topological polar surface area (TPSA) is 125 Å². The smallest absolute Gasteiger partial charge is 0.413 e. The van der Waals surface area contributed by atoms with Crippen LogP contribution in [0.15, 0.2) is 42.5 Å². The molecule has 0 bridgehead atoms. The zero-order chi connectivity index (χ0) is 23.0. The minimum Gasteiger partial charge on any atom is -0.452 e. The molecule has 0 saturated carbocycles. The van der Waals surface area contributed by atoms with E-state index < -0.39 is 11.9 Å². The Balaban J connectivity index is 1.85. The molecule has 1 amide bonds. The Morgan fingerprint density at radius 1 is 1.12 bits per heavy atom. The van der Waals surface area contributed by atoms with Crippen LogP contribution < -0.4 is 16.4 Å². The van der Waals surface area contributed by atoms with Crippen LogP contribution in [0.25, 0.3) is 22.4 Å². The zero-order valence-electron chi connectivity index (χ0n) is 17.2. The number of fused-ring (bicyclic) bond motifs is 1. The lowest BCUT2D eigenvalue weighted by Gasteiger charge is -2.18. The summed E-state index contributed by atoms with van der Waals surface area (Å²) in [5.74, 6) is -1.03. The van der Waals surface area contributed by atoms with Crippen LogP contribution >= 0.6 is 0 Å². The third-order valence-electron chi connectivity index (χ3n) is 4.92. The van der Waals surface area contributed by atoms with Gasteiger partial charge in [0.15, 0.2) is 17.5 Å². The van der Waals surface area contributed by atoms with Gasteiger partial charge in [-0.15, -0.1) is 0 Å². The molecule has 2 heterocycles. The first-order valence-corrected chi connectivity index (χ1v) is 9.44. The lowest BCUT2D eigenvalue weighted by Crippen LogP contribution is -2.28. The molecule has 164 valence electrons. The Hall–Kier alpha value is -4.28. The van der Waals surface area contributed by atoms with Crippen LogP contribution in [0, 0.1) is 11.6 Å². The summed E-state index contributed by atoms with van der Waals surface area (Å²) in [4.78, 5) is 21.4. The molecule has 0 radical (unpaired) electrons. The van der Waals surface area contributed by atoms with Crippen LogP contribution in [0.4, 0.5) is 30.9 Å². The summed E-state index contributed by atoms with van der Waals surface area (Å²) in [5, 5.41) is 4.88. The summed E-state index contributed by atoms with van der Waals surface area (Å²) in [5.41, 5.74) is 13.3. The number of hydrogen-bond acceptors (Lipinski definition) is 7. The fourth-order valence-corrected chi connectivity index (χ4v) is 3.39. The van der Waals surface area contributed by atoms with Crippen LogP contribution in [0.1, 0.15) is 5.56 Å². The van der Waals surface area contributed by atoms with Crippen molar-refractivity contribution in [3.63, 3.8) is 0 Å². The zero-order valence-corrected chi connectivity index (χ0v) is 17.2. The molecule has 9 nitrogen and oxygen atoms in total. The van der Waals surface area contributed by atoms with Crippen molar-refractivity contribution in [3.05, 3.63) is 59.7 Å². The van der Waals surface area contributed by atoms with E-state index >= 15 is 0 Å². The molecule has 0 spiro atoms. The molecular formula is C21H19F2N7O2. The standard InChI is InChI=1S/C21H19F2N7O2/c1-29(21(31)32-2)17-18(24)26-20(27-19(17)25)16-13-9-12(22)7-8-15(13)30(28-16)10-11-5-3-4-6-14(11)23/h3-9H,10H2,1-2H3,(H4,24,25,26,27). The van der Waals surface area contributed by atoms with E-state index in [1.54, 1.807) is 18.2 Å². The van der Waals surface area contributed by atoms with Crippen molar-refractivity contribution in [1.82, 2.24) is 19.7 Å². The first-order valence-electron chi connectivity index (χ1n) is 9.44. The van der Waals surface area contributed by atoms with Gasteiger partial charge >= 0.3 is 6.09 Å². The number of nitrogens with two attached hydrogens (primary N) is 2. The van der Waals surface area contributed by atoms with E-state index in [9.17, 15) is 13.6 Å². The SMILES string of the molecule is COC(=O)N(C)c1c(N)nc(-c2nn(Cc3ccccc3F)c3ccc(F)cc23)nc1N. The Morgan fingerprint density at radius 2 is 1.81 bits per heavy atom. The molecule has 11 heteroatoms. The molecule has 0 aliphatic rings. The van der Waals surface area contributed by atoms with Gasteiger partial charge in [-0.1, -0.05) is 18.2 Å². The third kappa shape index (κ3) is 3.64. The average molecular weight is 439 g/mol. The summed E-state index contributed by atoms with van der Waals surface area (Å²) in [6.45, 7) is 0.100. The molecular weight excluding hydrogens is 420 g/mol. The highest BCUT2D eigenvalue weighted by Gasteiger charge is 2.23. The van der Waals surface area contributed by atoms with Crippen LogP contribution in [0.2, 0.25) is 0 Å². The minimum absolute atomic E-state index is 0.0323. The fraction of sp³-hybridized carbons (Fsp3) is 0.143. The summed E-state index contributed by atoms with van der Waals surface area (Å²) in [6, 6.07) is 10.4. The monoisotopic (exact) mass is 439 g/mol. The van der Waals surface area contributed by atoms with E-state index in [0.717, 1.165) is 4.90 Å². The lowest BCUT2D eigenvalue weighted by atomic mass is 10.2. The predicted octanol–water partition coefficient (Wildman–Crippen LogP) is 3.19. The van der Waals surface area contributed by atoms with Gasteiger partial charge in [0.25, 0.3) is 0 Å². The molecule has 0 fully saturated rings. The number of amides is 1. The van der Waals surface area contributed by atoms with E-state index in [1.807, 2.05) is 0 Å². The van der Waals surface area contributed by atoms with Crippen molar-refractivity contribution in [2.75, 3.05) is 30.5 Å². The van der Waals surface area contributed by atoms with Gasteiger partial charge < -0.3 is 16.2 Å². The van der Waals surface area contributed by atoms with Crippen LogP contribution in [0.3, 0.4) is 0 Å². The van der Waals surface area contributed by atoms with Gasteiger partial charge in [-0.2, -0.15) is 5.10 Å². The molecule has 2 aromatic carbocycles. The van der Waals surface area contributed by atoms with Gasteiger partial charge in [-0.3, -0.25) is 9.58 Å². The van der Waals surface area contributed by atoms with Gasteiger partial charge in [-0.25, -0.2) is 23.5 Å². The fourth-order valence-electron chi connectivity index (χ4n) is 3.39. The minimum atomic E-state index is -0.707. The number of hydrogen-bond donors (Lipinski definition) is 2. The number of halogens is 2. The number of anilines is 3. The van der Waals surface area contributed by atoms with Crippen molar-refractivity contribution in [1.29, 1.82) is 0 Å². The van der Waals surface area contributed by atoms with Crippen molar-refractivity contribution >= 4 is 34.3 Å². The van der Waals surface area contributed by atoms with Gasteiger partial charge in [-0.05, 0) is 24.3 Å². The second-order valence-electron chi connectivity index (χ2n) is 6.95. The molecule has 4 N–H and O–H groups in total. The second kappa shape index (κ2) is 8.10. The molecule has 32 heavy (non-hydrogen) atoms. The molecule has 0 aliphatic carbocycles. The van der Waals surface area contributed by atoms with Crippen molar-refractivity contribution < 1.29 is 18.3 Å². The largest absolute Gasteiger partial charge is 0.452 e. The maximum absolute atomic E-state index is 14.2. The van der Waals surface area contributed by atoms with Crippen molar-refractivity contribution in [3.8, 4) is 11.5 Å². The first kappa shape index (κ1) is 21.0. The third-order valence-corrected chi connectivity index (χ3v) is 4.92.